The fourth-order valence-corrected chi connectivity index (χ4v) is 2.16. The number of carbonyl (C=O) groups excluding carboxylic acids is 1. The Kier molecular flexibility index (Phi) is 4.58. The second kappa shape index (κ2) is 6.39. The first-order valence-corrected chi connectivity index (χ1v) is 6.47. The largest absolute Gasteiger partial charge is 0.496 e. The fourth-order valence-electron chi connectivity index (χ4n) is 2.16. The lowest BCUT2D eigenvalue weighted by atomic mass is 10.1. The Morgan fingerprint density at radius 1 is 1.30 bits per heavy atom. The van der Waals surface area contributed by atoms with Crippen LogP contribution in [-0.2, 0) is 13.1 Å². The molecular formula is C16H19NO3. The molecule has 2 aromatic rings. The van der Waals surface area contributed by atoms with Crippen molar-refractivity contribution in [1.82, 2.24) is 4.90 Å². The van der Waals surface area contributed by atoms with Crippen LogP contribution in [0.15, 0.2) is 41.2 Å². The molecule has 1 aromatic carbocycles. The lowest BCUT2D eigenvalue weighted by molar-refractivity contribution is 0.101. The SMILES string of the molecule is COc1ccc(C(C)=O)cc1CN(C)Cc1ccoc1. The average Bonchev–Trinajstić information content (AvgIpc) is 2.91. The number of ketones is 1. The van der Waals surface area contributed by atoms with E-state index in [1.165, 1.54) is 0 Å². The summed E-state index contributed by atoms with van der Waals surface area (Å²) in [7, 11) is 3.66. The van der Waals surface area contributed by atoms with E-state index in [0.29, 0.717) is 12.1 Å². The van der Waals surface area contributed by atoms with E-state index in [-0.39, 0.29) is 5.78 Å². The number of nitrogens with zero attached hydrogens (tertiary/aromatic N) is 1. The summed E-state index contributed by atoms with van der Waals surface area (Å²) in [6.07, 6.45) is 3.40. The first-order chi connectivity index (χ1) is 9.60. The Bertz CT molecular complexity index is 575. The minimum atomic E-state index is 0.0615. The molecule has 0 aliphatic rings. The molecule has 0 unspecified atom stereocenters. The lowest BCUT2D eigenvalue weighted by Crippen LogP contribution is -2.17. The smallest absolute Gasteiger partial charge is 0.159 e. The summed E-state index contributed by atoms with van der Waals surface area (Å²) in [5.74, 6) is 0.862. The molecule has 4 heteroatoms. The van der Waals surface area contributed by atoms with Gasteiger partial charge in [0.2, 0.25) is 0 Å². The van der Waals surface area contributed by atoms with E-state index in [9.17, 15) is 4.79 Å². The summed E-state index contributed by atoms with van der Waals surface area (Å²) in [5, 5.41) is 0. The van der Waals surface area contributed by atoms with Gasteiger partial charge in [-0.15, -0.1) is 0 Å². The summed E-state index contributed by atoms with van der Waals surface area (Å²) < 4.78 is 10.4. The Morgan fingerprint density at radius 2 is 2.10 bits per heavy atom. The molecule has 0 atom stereocenters. The van der Waals surface area contributed by atoms with E-state index < -0.39 is 0 Å². The lowest BCUT2D eigenvalue weighted by Gasteiger charge is -2.18. The Hall–Kier alpha value is -2.07. The van der Waals surface area contributed by atoms with Gasteiger partial charge in [0, 0.05) is 29.8 Å². The molecule has 20 heavy (non-hydrogen) atoms. The molecule has 0 radical (unpaired) electrons. The summed E-state index contributed by atoms with van der Waals surface area (Å²) in [5.41, 5.74) is 2.83. The van der Waals surface area contributed by atoms with Crippen molar-refractivity contribution in [2.24, 2.45) is 0 Å². The van der Waals surface area contributed by atoms with Crippen molar-refractivity contribution < 1.29 is 13.9 Å². The van der Waals surface area contributed by atoms with Gasteiger partial charge in [-0.2, -0.15) is 0 Å². The molecule has 2 rings (SSSR count). The van der Waals surface area contributed by atoms with Crippen LogP contribution in [0, 0.1) is 0 Å². The van der Waals surface area contributed by atoms with Gasteiger partial charge in [-0.3, -0.25) is 9.69 Å². The highest BCUT2D eigenvalue weighted by Crippen LogP contribution is 2.22. The predicted molar refractivity (Wildman–Crippen MR) is 76.9 cm³/mol. The predicted octanol–water partition coefficient (Wildman–Crippen LogP) is 3.12. The first-order valence-electron chi connectivity index (χ1n) is 6.47. The van der Waals surface area contributed by atoms with E-state index in [2.05, 4.69) is 4.90 Å². The second-order valence-corrected chi connectivity index (χ2v) is 4.89. The van der Waals surface area contributed by atoms with Gasteiger partial charge in [0.25, 0.3) is 0 Å². The van der Waals surface area contributed by atoms with Crippen LogP contribution < -0.4 is 4.74 Å². The van der Waals surface area contributed by atoms with Crippen molar-refractivity contribution >= 4 is 5.78 Å². The van der Waals surface area contributed by atoms with Crippen molar-refractivity contribution in [3.05, 3.63) is 53.5 Å². The average molecular weight is 273 g/mol. The molecule has 0 amide bonds. The number of hydrogen-bond acceptors (Lipinski definition) is 4. The van der Waals surface area contributed by atoms with E-state index in [1.54, 1.807) is 32.6 Å². The molecular weight excluding hydrogens is 254 g/mol. The van der Waals surface area contributed by atoms with Crippen molar-refractivity contribution in [1.29, 1.82) is 0 Å². The molecule has 1 aromatic heterocycles. The molecule has 0 saturated carbocycles. The third-order valence-electron chi connectivity index (χ3n) is 3.16. The maximum atomic E-state index is 11.5. The molecule has 0 saturated heterocycles. The molecule has 0 spiro atoms. The third kappa shape index (κ3) is 3.48. The standard InChI is InChI=1S/C16H19NO3/c1-12(18)14-4-5-16(19-3)15(8-14)10-17(2)9-13-6-7-20-11-13/h4-8,11H,9-10H2,1-3H3. The number of Topliss-reactive ketones (excluding diaryl/α,β-unsaturated/α-hetero) is 1. The number of hydrogen-bond donors (Lipinski definition) is 0. The highest BCUT2D eigenvalue weighted by molar-refractivity contribution is 5.94. The molecule has 4 nitrogen and oxygen atoms in total. The number of rotatable bonds is 6. The van der Waals surface area contributed by atoms with Crippen LogP contribution in [0.4, 0.5) is 0 Å². The zero-order chi connectivity index (χ0) is 14.5. The Labute approximate surface area is 119 Å². The van der Waals surface area contributed by atoms with Crippen LogP contribution in [-0.4, -0.2) is 24.8 Å². The Morgan fingerprint density at radius 3 is 2.70 bits per heavy atom. The van der Waals surface area contributed by atoms with Gasteiger partial charge in [-0.1, -0.05) is 0 Å². The third-order valence-corrected chi connectivity index (χ3v) is 3.16. The molecule has 0 N–H and O–H groups in total. The monoisotopic (exact) mass is 273 g/mol. The fraction of sp³-hybridized carbons (Fsp3) is 0.312. The molecule has 0 aliphatic heterocycles. The van der Waals surface area contributed by atoms with Crippen molar-refractivity contribution in [2.45, 2.75) is 20.0 Å². The second-order valence-electron chi connectivity index (χ2n) is 4.89. The van der Waals surface area contributed by atoms with Crippen LogP contribution in [0.5, 0.6) is 5.75 Å². The topological polar surface area (TPSA) is 42.7 Å². The molecule has 0 fully saturated rings. The summed E-state index contributed by atoms with van der Waals surface area (Å²) in [6.45, 7) is 3.06. The minimum Gasteiger partial charge on any atom is -0.496 e. The number of carbonyl (C=O) groups is 1. The van der Waals surface area contributed by atoms with E-state index in [0.717, 1.165) is 23.4 Å². The van der Waals surface area contributed by atoms with Gasteiger partial charge in [0.05, 0.1) is 19.6 Å². The van der Waals surface area contributed by atoms with E-state index in [4.69, 9.17) is 9.15 Å². The highest BCUT2D eigenvalue weighted by Gasteiger charge is 2.10. The van der Waals surface area contributed by atoms with Gasteiger partial charge in [0.1, 0.15) is 5.75 Å². The van der Waals surface area contributed by atoms with Crippen LogP contribution in [0.2, 0.25) is 0 Å². The molecule has 1 heterocycles. The van der Waals surface area contributed by atoms with Gasteiger partial charge in [-0.25, -0.2) is 0 Å². The van der Waals surface area contributed by atoms with Gasteiger partial charge in [0.15, 0.2) is 5.78 Å². The van der Waals surface area contributed by atoms with Crippen molar-refractivity contribution in [3.8, 4) is 5.75 Å². The van der Waals surface area contributed by atoms with Crippen molar-refractivity contribution in [3.63, 3.8) is 0 Å². The van der Waals surface area contributed by atoms with Crippen molar-refractivity contribution in [2.75, 3.05) is 14.2 Å². The molecule has 106 valence electrons. The maximum Gasteiger partial charge on any atom is 0.159 e. The number of furan rings is 1. The van der Waals surface area contributed by atoms with E-state index >= 15 is 0 Å². The number of ether oxygens (including phenoxy) is 1. The highest BCUT2D eigenvalue weighted by atomic mass is 16.5. The first kappa shape index (κ1) is 14.3. The maximum absolute atomic E-state index is 11.5. The summed E-state index contributed by atoms with van der Waals surface area (Å²) in [6, 6.07) is 7.48. The van der Waals surface area contributed by atoms with Crippen LogP contribution in [0.3, 0.4) is 0 Å². The Balaban J connectivity index is 2.14. The van der Waals surface area contributed by atoms with Gasteiger partial charge in [-0.05, 0) is 38.2 Å². The van der Waals surface area contributed by atoms with Crippen LogP contribution >= 0.6 is 0 Å². The summed E-state index contributed by atoms with van der Waals surface area (Å²) in [4.78, 5) is 13.6. The molecule has 0 aliphatic carbocycles. The zero-order valence-electron chi connectivity index (χ0n) is 12.1. The van der Waals surface area contributed by atoms with Crippen LogP contribution in [0.25, 0.3) is 0 Å². The van der Waals surface area contributed by atoms with Gasteiger partial charge < -0.3 is 9.15 Å². The van der Waals surface area contributed by atoms with Crippen LogP contribution in [0.1, 0.15) is 28.4 Å². The normalized spacial score (nSPS) is 10.8. The minimum absolute atomic E-state index is 0.0615. The zero-order valence-corrected chi connectivity index (χ0v) is 12.1. The van der Waals surface area contributed by atoms with Gasteiger partial charge >= 0.3 is 0 Å². The number of benzene rings is 1. The summed E-state index contributed by atoms with van der Waals surface area (Å²) >= 11 is 0. The molecule has 0 bridgehead atoms. The van der Waals surface area contributed by atoms with E-state index in [1.807, 2.05) is 25.2 Å². The number of methoxy groups -OCH3 is 1. The quantitative estimate of drug-likeness (QED) is 0.758.